The van der Waals surface area contributed by atoms with E-state index in [1.807, 2.05) is 48.5 Å². The lowest BCUT2D eigenvalue weighted by Crippen LogP contribution is -2.29. The Hall–Kier alpha value is -2.90. The number of aliphatic hydroxyl groups excluding tert-OH is 1. The van der Waals surface area contributed by atoms with Crippen LogP contribution in [-0.4, -0.2) is 29.4 Å². The highest BCUT2D eigenvalue weighted by molar-refractivity contribution is 7.13. The molecule has 1 amide bonds. The van der Waals surface area contributed by atoms with Crippen molar-refractivity contribution in [2.75, 3.05) is 13.4 Å². The van der Waals surface area contributed by atoms with Crippen molar-refractivity contribution in [2.45, 2.75) is 18.9 Å². The lowest BCUT2D eigenvalue weighted by molar-refractivity contribution is 0.0928. The topological polar surface area (TPSA) is 80.7 Å². The maximum absolute atomic E-state index is 12.7. The van der Waals surface area contributed by atoms with Gasteiger partial charge in [-0.1, -0.05) is 30.3 Å². The van der Waals surface area contributed by atoms with Crippen LogP contribution in [0, 0.1) is 0 Å². The number of rotatable bonds is 7. The molecule has 144 valence electrons. The third-order valence-electron chi connectivity index (χ3n) is 4.51. The fourth-order valence-corrected chi connectivity index (χ4v) is 3.87. The Bertz CT molecular complexity index is 958. The molecule has 6 nitrogen and oxygen atoms in total. The van der Waals surface area contributed by atoms with E-state index in [0.717, 1.165) is 16.1 Å². The van der Waals surface area contributed by atoms with E-state index in [1.54, 1.807) is 5.38 Å². The number of carbonyl (C=O) groups is 1. The molecule has 4 rings (SSSR count). The SMILES string of the molecule is O=C(NC(CCCO)c1ccccc1)c1csc(-c2ccc3c(c2)OCO3)n1. The van der Waals surface area contributed by atoms with Crippen molar-refractivity contribution in [3.05, 3.63) is 65.2 Å². The minimum atomic E-state index is -0.227. The molecule has 1 aliphatic heterocycles. The summed E-state index contributed by atoms with van der Waals surface area (Å²) in [4.78, 5) is 17.2. The molecule has 0 fully saturated rings. The van der Waals surface area contributed by atoms with Gasteiger partial charge in [-0.05, 0) is 36.6 Å². The van der Waals surface area contributed by atoms with Crippen LogP contribution < -0.4 is 14.8 Å². The van der Waals surface area contributed by atoms with Crippen molar-refractivity contribution in [1.29, 1.82) is 0 Å². The molecule has 2 aromatic carbocycles. The third kappa shape index (κ3) is 4.00. The number of benzene rings is 2. The zero-order chi connectivity index (χ0) is 19.3. The molecule has 0 spiro atoms. The molecule has 0 saturated carbocycles. The van der Waals surface area contributed by atoms with Gasteiger partial charge in [-0.25, -0.2) is 4.98 Å². The summed E-state index contributed by atoms with van der Waals surface area (Å²) in [5, 5.41) is 14.7. The Morgan fingerprint density at radius 3 is 2.82 bits per heavy atom. The zero-order valence-electron chi connectivity index (χ0n) is 15.1. The number of thiazole rings is 1. The number of carbonyl (C=O) groups excluding carboxylic acids is 1. The number of aliphatic hydroxyl groups is 1. The predicted octanol–water partition coefficient (Wildman–Crippen LogP) is 3.78. The second-order valence-corrected chi connectivity index (χ2v) is 7.27. The minimum absolute atomic E-state index is 0.0875. The lowest BCUT2D eigenvalue weighted by atomic mass is 10.0. The monoisotopic (exact) mass is 396 g/mol. The molecule has 1 aliphatic rings. The van der Waals surface area contributed by atoms with Crippen LogP contribution in [0.3, 0.4) is 0 Å². The number of hydrogen-bond donors (Lipinski definition) is 2. The minimum Gasteiger partial charge on any atom is -0.454 e. The van der Waals surface area contributed by atoms with E-state index in [9.17, 15) is 4.79 Å². The number of nitrogens with one attached hydrogen (secondary N) is 1. The van der Waals surface area contributed by atoms with E-state index in [1.165, 1.54) is 11.3 Å². The molecule has 2 N–H and O–H groups in total. The molecule has 1 atom stereocenters. The summed E-state index contributed by atoms with van der Waals surface area (Å²) in [5.74, 6) is 1.18. The maximum atomic E-state index is 12.7. The molecule has 0 radical (unpaired) electrons. The number of fused-ring (bicyclic) bond motifs is 1. The molecule has 0 bridgehead atoms. The average Bonchev–Trinajstić information content (AvgIpc) is 3.40. The maximum Gasteiger partial charge on any atom is 0.271 e. The van der Waals surface area contributed by atoms with Crippen molar-refractivity contribution >= 4 is 17.2 Å². The molecule has 3 aromatic rings. The van der Waals surface area contributed by atoms with Crippen LogP contribution in [0.15, 0.2) is 53.9 Å². The van der Waals surface area contributed by atoms with E-state index in [0.29, 0.717) is 30.0 Å². The Morgan fingerprint density at radius 1 is 1.18 bits per heavy atom. The van der Waals surface area contributed by atoms with E-state index in [-0.39, 0.29) is 25.3 Å². The molecule has 28 heavy (non-hydrogen) atoms. The lowest BCUT2D eigenvalue weighted by Gasteiger charge is -2.18. The highest BCUT2D eigenvalue weighted by atomic mass is 32.1. The molecule has 1 aromatic heterocycles. The second kappa shape index (κ2) is 8.41. The van der Waals surface area contributed by atoms with E-state index in [2.05, 4.69) is 10.3 Å². The van der Waals surface area contributed by atoms with Gasteiger partial charge in [-0.3, -0.25) is 4.79 Å². The molecular weight excluding hydrogens is 376 g/mol. The number of nitrogens with zero attached hydrogens (tertiary/aromatic N) is 1. The van der Waals surface area contributed by atoms with Gasteiger partial charge < -0.3 is 19.9 Å². The van der Waals surface area contributed by atoms with Crippen molar-refractivity contribution < 1.29 is 19.4 Å². The van der Waals surface area contributed by atoms with Crippen LogP contribution in [0.2, 0.25) is 0 Å². The zero-order valence-corrected chi connectivity index (χ0v) is 15.9. The van der Waals surface area contributed by atoms with Gasteiger partial charge in [0.2, 0.25) is 6.79 Å². The number of hydrogen-bond acceptors (Lipinski definition) is 6. The summed E-state index contributed by atoms with van der Waals surface area (Å²) in [6, 6.07) is 15.2. The fraction of sp³-hybridized carbons (Fsp3) is 0.238. The highest BCUT2D eigenvalue weighted by Gasteiger charge is 2.19. The van der Waals surface area contributed by atoms with Gasteiger partial charge in [0.1, 0.15) is 10.7 Å². The largest absolute Gasteiger partial charge is 0.454 e. The average molecular weight is 396 g/mol. The van der Waals surface area contributed by atoms with Gasteiger partial charge in [0.05, 0.1) is 6.04 Å². The summed E-state index contributed by atoms with van der Waals surface area (Å²) >= 11 is 1.41. The van der Waals surface area contributed by atoms with E-state index in [4.69, 9.17) is 14.6 Å². The fourth-order valence-electron chi connectivity index (χ4n) is 3.08. The van der Waals surface area contributed by atoms with Gasteiger partial charge in [0.15, 0.2) is 11.5 Å². The smallest absolute Gasteiger partial charge is 0.271 e. The van der Waals surface area contributed by atoms with Crippen LogP contribution in [-0.2, 0) is 0 Å². The van der Waals surface area contributed by atoms with Gasteiger partial charge >= 0.3 is 0 Å². The second-order valence-electron chi connectivity index (χ2n) is 6.41. The van der Waals surface area contributed by atoms with Crippen molar-refractivity contribution in [2.24, 2.45) is 0 Å². The Balaban J connectivity index is 1.50. The van der Waals surface area contributed by atoms with Crippen LogP contribution in [0.4, 0.5) is 0 Å². The van der Waals surface area contributed by atoms with Gasteiger partial charge in [0.25, 0.3) is 5.91 Å². The van der Waals surface area contributed by atoms with Gasteiger partial charge in [-0.15, -0.1) is 11.3 Å². The van der Waals surface area contributed by atoms with Crippen LogP contribution >= 0.6 is 11.3 Å². The summed E-state index contributed by atoms with van der Waals surface area (Å²) in [6.45, 7) is 0.309. The molecule has 7 heteroatoms. The van der Waals surface area contributed by atoms with Crippen LogP contribution in [0.1, 0.15) is 34.9 Å². The first-order valence-electron chi connectivity index (χ1n) is 9.07. The highest BCUT2D eigenvalue weighted by Crippen LogP contribution is 2.36. The summed E-state index contributed by atoms with van der Waals surface area (Å²) in [5.41, 5.74) is 2.27. The molecular formula is C21H20N2O4S. The van der Waals surface area contributed by atoms with Gasteiger partial charge in [0, 0.05) is 17.6 Å². The van der Waals surface area contributed by atoms with E-state index >= 15 is 0 Å². The normalized spacial score (nSPS) is 13.3. The Kier molecular flexibility index (Phi) is 5.55. The number of amides is 1. The van der Waals surface area contributed by atoms with Crippen molar-refractivity contribution in [3.63, 3.8) is 0 Å². The molecule has 0 aliphatic carbocycles. The Labute approximate surface area is 166 Å². The van der Waals surface area contributed by atoms with Crippen molar-refractivity contribution in [3.8, 4) is 22.1 Å². The standard InChI is InChI=1S/C21H20N2O4S/c24-10-4-7-16(14-5-2-1-3-6-14)22-20(25)17-12-28-21(23-17)15-8-9-18-19(11-15)27-13-26-18/h1-3,5-6,8-9,11-12,16,24H,4,7,10,13H2,(H,22,25). The van der Waals surface area contributed by atoms with Crippen LogP contribution in [0.5, 0.6) is 11.5 Å². The molecule has 1 unspecified atom stereocenters. The van der Waals surface area contributed by atoms with Crippen molar-refractivity contribution in [1.82, 2.24) is 10.3 Å². The number of aromatic nitrogens is 1. The summed E-state index contributed by atoms with van der Waals surface area (Å²) < 4.78 is 10.7. The molecule has 0 saturated heterocycles. The first-order valence-corrected chi connectivity index (χ1v) is 9.95. The summed E-state index contributed by atoms with van der Waals surface area (Å²) in [7, 11) is 0. The van der Waals surface area contributed by atoms with Gasteiger partial charge in [-0.2, -0.15) is 0 Å². The van der Waals surface area contributed by atoms with E-state index < -0.39 is 0 Å². The third-order valence-corrected chi connectivity index (χ3v) is 5.41. The quantitative estimate of drug-likeness (QED) is 0.635. The summed E-state index contributed by atoms with van der Waals surface area (Å²) in [6.07, 6.45) is 1.27. The first-order chi connectivity index (χ1) is 13.7. The Morgan fingerprint density at radius 2 is 2.00 bits per heavy atom. The molecule has 2 heterocycles. The van der Waals surface area contributed by atoms with Crippen LogP contribution in [0.25, 0.3) is 10.6 Å². The predicted molar refractivity (Wildman–Crippen MR) is 107 cm³/mol. The number of ether oxygens (including phenoxy) is 2. The first kappa shape index (κ1) is 18.5.